The quantitative estimate of drug-likeness (QED) is 0.689. The molecule has 0 fully saturated rings. The van der Waals surface area contributed by atoms with Crippen LogP contribution in [-0.4, -0.2) is 51.3 Å². The molecule has 27 heavy (non-hydrogen) atoms. The SMILES string of the molecule is CCN(CC)CCOc1ccc(NC(=O)c2c(OC)cccc2OC)cc1. The zero-order valence-corrected chi connectivity index (χ0v) is 16.5. The first-order valence-electron chi connectivity index (χ1n) is 9.10. The van der Waals surface area contributed by atoms with Gasteiger partial charge in [-0.05, 0) is 49.5 Å². The maximum absolute atomic E-state index is 12.7. The maximum Gasteiger partial charge on any atom is 0.263 e. The smallest absolute Gasteiger partial charge is 0.263 e. The van der Waals surface area contributed by atoms with E-state index in [0.29, 0.717) is 29.4 Å². The Labute approximate surface area is 161 Å². The molecule has 2 aromatic rings. The fraction of sp³-hybridized carbons (Fsp3) is 0.381. The molecule has 1 N–H and O–H groups in total. The summed E-state index contributed by atoms with van der Waals surface area (Å²) in [5.41, 5.74) is 1.03. The average Bonchev–Trinajstić information content (AvgIpc) is 2.71. The molecule has 0 radical (unpaired) electrons. The van der Waals surface area contributed by atoms with E-state index >= 15 is 0 Å². The first kappa shape index (κ1) is 20.6. The molecule has 0 heterocycles. The van der Waals surface area contributed by atoms with Crippen LogP contribution in [0.4, 0.5) is 5.69 Å². The molecular formula is C21H28N2O4. The van der Waals surface area contributed by atoms with Gasteiger partial charge in [0.2, 0.25) is 0 Å². The number of carbonyl (C=O) groups is 1. The summed E-state index contributed by atoms with van der Waals surface area (Å²) in [5.74, 6) is 1.40. The van der Waals surface area contributed by atoms with Gasteiger partial charge in [-0.15, -0.1) is 0 Å². The van der Waals surface area contributed by atoms with Crippen molar-refractivity contribution in [1.82, 2.24) is 4.90 Å². The monoisotopic (exact) mass is 372 g/mol. The number of nitrogens with zero attached hydrogens (tertiary/aromatic N) is 1. The van der Waals surface area contributed by atoms with Crippen LogP contribution in [0.15, 0.2) is 42.5 Å². The highest BCUT2D eigenvalue weighted by Crippen LogP contribution is 2.29. The second-order valence-electron chi connectivity index (χ2n) is 5.89. The van der Waals surface area contributed by atoms with Gasteiger partial charge in [-0.25, -0.2) is 0 Å². The van der Waals surface area contributed by atoms with Gasteiger partial charge in [0.05, 0.1) is 14.2 Å². The standard InChI is InChI=1S/C21H28N2O4/c1-5-23(6-2)14-15-27-17-12-10-16(11-13-17)22-21(24)20-18(25-3)8-7-9-19(20)26-4/h7-13H,5-6,14-15H2,1-4H3,(H,22,24). The predicted molar refractivity (Wildman–Crippen MR) is 107 cm³/mol. The second kappa shape index (κ2) is 10.4. The van der Waals surface area contributed by atoms with Crippen molar-refractivity contribution in [2.45, 2.75) is 13.8 Å². The number of methoxy groups -OCH3 is 2. The number of nitrogens with one attached hydrogen (secondary N) is 1. The minimum absolute atomic E-state index is 0.292. The van der Waals surface area contributed by atoms with Crippen LogP contribution in [0.2, 0.25) is 0 Å². The molecule has 0 bridgehead atoms. The zero-order valence-electron chi connectivity index (χ0n) is 16.5. The Morgan fingerprint density at radius 1 is 0.963 bits per heavy atom. The van der Waals surface area contributed by atoms with Crippen LogP contribution in [0.3, 0.4) is 0 Å². The van der Waals surface area contributed by atoms with Crippen LogP contribution >= 0.6 is 0 Å². The van der Waals surface area contributed by atoms with Gasteiger partial charge in [-0.2, -0.15) is 0 Å². The Morgan fingerprint density at radius 2 is 1.56 bits per heavy atom. The first-order chi connectivity index (χ1) is 13.1. The molecular weight excluding hydrogens is 344 g/mol. The molecule has 6 nitrogen and oxygen atoms in total. The fourth-order valence-corrected chi connectivity index (χ4v) is 2.74. The average molecular weight is 372 g/mol. The van der Waals surface area contributed by atoms with Crippen LogP contribution < -0.4 is 19.5 Å². The lowest BCUT2D eigenvalue weighted by molar-refractivity contribution is 0.102. The molecule has 146 valence electrons. The van der Waals surface area contributed by atoms with Gasteiger partial charge in [0.1, 0.15) is 29.4 Å². The number of hydrogen-bond donors (Lipinski definition) is 1. The third kappa shape index (κ3) is 5.62. The highest BCUT2D eigenvalue weighted by Gasteiger charge is 2.18. The van der Waals surface area contributed by atoms with E-state index in [0.717, 1.165) is 25.4 Å². The zero-order chi connectivity index (χ0) is 19.6. The third-order valence-electron chi connectivity index (χ3n) is 4.34. The molecule has 6 heteroatoms. The lowest BCUT2D eigenvalue weighted by Crippen LogP contribution is -2.27. The summed E-state index contributed by atoms with van der Waals surface area (Å²) >= 11 is 0. The summed E-state index contributed by atoms with van der Waals surface area (Å²) in [4.78, 5) is 15.0. The molecule has 1 amide bonds. The van der Waals surface area contributed by atoms with E-state index in [-0.39, 0.29) is 5.91 Å². The van der Waals surface area contributed by atoms with E-state index in [1.165, 1.54) is 14.2 Å². The van der Waals surface area contributed by atoms with Crippen molar-refractivity contribution in [3.05, 3.63) is 48.0 Å². The lowest BCUT2D eigenvalue weighted by Gasteiger charge is -2.18. The molecule has 0 atom stereocenters. The Bertz CT molecular complexity index is 705. The number of benzene rings is 2. The number of rotatable bonds is 10. The molecule has 0 saturated carbocycles. The van der Waals surface area contributed by atoms with Crippen molar-refractivity contribution in [3.8, 4) is 17.2 Å². The van der Waals surface area contributed by atoms with Crippen LogP contribution in [0.1, 0.15) is 24.2 Å². The molecule has 0 aliphatic carbocycles. The number of likely N-dealkylation sites (N-methyl/N-ethyl adjacent to an activating group) is 1. The summed E-state index contributed by atoms with van der Waals surface area (Å²) < 4.78 is 16.3. The predicted octanol–water partition coefficient (Wildman–Crippen LogP) is 3.68. The molecule has 0 aromatic heterocycles. The highest BCUT2D eigenvalue weighted by atomic mass is 16.5. The van der Waals surface area contributed by atoms with Gasteiger partial charge < -0.3 is 24.4 Å². The summed E-state index contributed by atoms with van der Waals surface area (Å²) in [5, 5.41) is 2.86. The highest BCUT2D eigenvalue weighted by molar-refractivity contribution is 6.08. The van der Waals surface area contributed by atoms with Gasteiger partial charge in [0, 0.05) is 12.2 Å². The molecule has 0 spiro atoms. The number of hydrogen-bond acceptors (Lipinski definition) is 5. The lowest BCUT2D eigenvalue weighted by atomic mass is 10.1. The van der Waals surface area contributed by atoms with Crippen molar-refractivity contribution in [2.75, 3.05) is 45.8 Å². The van der Waals surface area contributed by atoms with Gasteiger partial charge in [-0.3, -0.25) is 4.79 Å². The van der Waals surface area contributed by atoms with Gasteiger partial charge in [0.25, 0.3) is 5.91 Å². The molecule has 2 rings (SSSR count). The minimum atomic E-state index is -0.292. The number of carbonyl (C=O) groups excluding carboxylic acids is 1. The van der Waals surface area contributed by atoms with Crippen LogP contribution in [-0.2, 0) is 0 Å². The molecule has 0 unspecified atom stereocenters. The second-order valence-corrected chi connectivity index (χ2v) is 5.89. The Morgan fingerprint density at radius 3 is 2.07 bits per heavy atom. The largest absolute Gasteiger partial charge is 0.496 e. The molecule has 0 aliphatic heterocycles. The van der Waals surface area contributed by atoms with Gasteiger partial charge in [0.15, 0.2) is 0 Å². The fourth-order valence-electron chi connectivity index (χ4n) is 2.74. The van der Waals surface area contributed by atoms with Crippen molar-refractivity contribution in [2.24, 2.45) is 0 Å². The van der Waals surface area contributed by atoms with Crippen molar-refractivity contribution >= 4 is 11.6 Å². The third-order valence-corrected chi connectivity index (χ3v) is 4.34. The summed E-state index contributed by atoms with van der Waals surface area (Å²) in [6, 6.07) is 12.5. The Hall–Kier alpha value is -2.73. The topological polar surface area (TPSA) is 60.0 Å². The Balaban J connectivity index is 1.99. The van der Waals surface area contributed by atoms with Crippen LogP contribution in [0.25, 0.3) is 0 Å². The van der Waals surface area contributed by atoms with E-state index in [1.54, 1.807) is 18.2 Å². The maximum atomic E-state index is 12.7. The number of ether oxygens (including phenoxy) is 3. The van der Waals surface area contributed by atoms with E-state index in [4.69, 9.17) is 14.2 Å². The minimum Gasteiger partial charge on any atom is -0.496 e. The van der Waals surface area contributed by atoms with Gasteiger partial charge >= 0.3 is 0 Å². The normalized spacial score (nSPS) is 10.6. The van der Waals surface area contributed by atoms with E-state index < -0.39 is 0 Å². The van der Waals surface area contributed by atoms with E-state index in [2.05, 4.69) is 24.1 Å². The summed E-state index contributed by atoms with van der Waals surface area (Å²) in [7, 11) is 3.05. The summed E-state index contributed by atoms with van der Waals surface area (Å²) in [6.07, 6.45) is 0. The van der Waals surface area contributed by atoms with Crippen LogP contribution in [0.5, 0.6) is 17.2 Å². The van der Waals surface area contributed by atoms with Crippen molar-refractivity contribution < 1.29 is 19.0 Å². The van der Waals surface area contributed by atoms with Crippen molar-refractivity contribution in [1.29, 1.82) is 0 Å². The van der Waals surface area contributed by atoms with Crippen molar-refractivity contribution in [3.63, 3.8) is 0 Å². The molecule has 0 saturated heterocycles. The molecule has 0 aliphatic rings. The summed E-state index contributed by atoms with van der Waals surface area (Å²) in [6.45, 7) is 7.81. The first-order valence-corrected chi connectivity index (χ1v) is 9.10. The van der Waals surface area contributed by atoms with Gasteiger partial charge in [-0.1, -0.05) is 19.9 Å². The van der Waals surface area contributed by atoms with E-state index in [1.807, 2.05) is 24.3 Å². The van der Waals surface area contributed by atoms with Crippen LogP contribution in [0, 0.1) is 0 Å². The van der Waals surface area contributed by atoms with E-state index in [9.17, 15) is 4.79 Å². The number of anilines is 1. The molecule has 2 aromatic carbocycles. The Kier molecular flexibility index (Phi) is 7.95. The number of amides is 1.